The Morgan fingerprint density at radius 1 is 1.16 bits per heavy atom. The Morgan fingerprint density at radius 2 is 1.88 bits per heavy atom. The maximum Gasteiger partial charge on any atom is 0.340 e. The number of carbonyl (C=O) groups excluding carboxylic acids is 2. The fourth-order valence-electron chi connectivity index (χ4n) is 2.01. The molecular formula is C18H17F2NO3S. The fourth-order valence-corrected chi connectivity index (χ4v) is 2.80. The summed E-state index contributed by atoms with van der Waals surface area (Å²) in [5.74, 6) is -2.56. The van der Waals surface area contributed by atoms with Crippen LogP contribution in [-0.4, -0.2) is 23.7 Å². The molecule has 0 radical (unpaired) electrons. The van der Waals surface area contributed by atoms with Crippen molar-refractivity contribution in [1.29, 1.82) is 0 Å². The van der Waals surface area contributed by atoms with Gasteiger partial charge in [0.15, 0.2) is 17.7 Å². The molecule has 0 unspecified atom stereocenters. The number of ether oxygens (including phenoxy) is 1. The van der Waals surface area contributed by atoms with Crippen LogP contribution in [0.25, 0.3) is 0 Å². The van der Waals surface area contributed by atoms with E-state index in [4.69, 9.17) is 4.74 Å². The standard InChI is InChI=1S/C18H17F2NO3S/c1-3-25-16-7-5-4-6-13(16)18(23)24-11(2)17(22)21-12-8-9-14(19)15(20)10-12/h4-11H,3H2,1-2H3,(H,21,22)/t11-/m0/s1. The predicted octanol–water partition coefficient (Wildman–Crippen LogP) is 4.26. The Labute approximate surface area is 148 Å². The summed E-state index contributed by atoms with van der Waals surface area (Å²) in [5, 5.41) is 2.38. The van der Waals surface area contributed by atoms with E-state index in [1.807, 2.05) is 13.0 Å². The Bertz CT molecular complexity index is 783. The predicted molar refractivity (Wildman–Crippen MR) is 92.7 cm³/mol. The van der Waals surface area contributed by atoms with Crippen molar-refractivity contribution >= 4 is 29.3 Å². The summed E-state index contributed by atoms with van der Waals surface area (Å²) in [5.41, 5.74) is 0.454. The molecule has 1 N–H and O–H groups in total. The highest BCUT2D eigenvalue weighted by Gasteiger charge is 2.21. The Hall–Kier alpha value is -2.41. The summed E-state index contributed by atoms with van der Waals surface area (Å²) in [6.45, 7) is 3.37. The van der Waals surface area contributed by atoms with Crippen molar-refractivity contribution in [3.8, 4) is 0 Å². The van der Waals surface area contributed by atoms with Crippen molar-refractivity contribution in [2.24, 2.45) is 0 Å². The average Bonchev–Trinajstić information content (AvgIpc) is 2.58. The monoisotopic (exact) mass is 365 g/mol. The molecule has 25 heavy (non-hydrogen) atoms. The van der Waals surface area contributed by atoms with E-state index in [1.165, 1.54) is 24.8 Å². The van der Waals surface area contributed by atoms with Gasteiger partial charge in [-0.2, -0.15) is 0 Å². The van der Waals surface area contributed by atoms with Crippen LogP contribution < -0.4 is 5.32 Å². The topological polar surface area (TPSA) is 55.4 Å². The van der Waals surface area contributed by atoms with Gasteiger partial charge in [-0.3, -0.25) is 4.79 Å². The Balaban J connectivity index is 2.03. The smallest absolute Gasteiger partial charge is 0.340 e. The van der Waals surface area contributed by atoms with Gasteiger partial charge in [0.05, 0.1) is 5.56 Å². The first kappa shape index (κ1) is 18.9. The van der Waals surface area contributed by atoms with Crippen molar-refractivity contribution < 1.29 is 23.1 Å². The molecule has 0 aromatic heterocycles. The van der Waals surface area contributed by atoms with Crippen molar-refractivity contribution in [3.05, 3.63) is 59.7 Å². The zero-order valence-electron chi connectivity index (χ0n) is 13.7. The van der Waals surface area contributed by atoms with Crippen LogP contribution in [0.1, 0.15) is 24.2 Å². The summed E-state index contributed by atoms with van der Waals surface area (Å²) < 4.78 is 31.2. The number of hydrogen-bond acceptors (Lipinski definition) is 4. The molecule has 0 spiro atoms. The molecule has 0 aliphatic rings. The molecular weight excluding hydrogens is 348 g/mol. The van der Waals surface area contributed by atoms with Gasteiger partial charge in [-0.15, -0.1) is 11.8 Å². The number of esters is 1. The molecule has 0 fully saturated rings. The molecule has 0 heterocycles. The molecule has 1 amide bonds. The van der Waals surface area contributed by atoms with Crippen molar-refractivity contribution in [1.82, 2.24) is 0 Å². The van der Waals surface area contributed by atoms with E-state index in [0.29, 0.717) is 5.56 Å². The second kappa shape index (κ2) is 8.62. The van der Waals surface area contributed by atoms with E-state index in [9.17, 15) is 18.4 Å². The first-order valence-corrected chi connectivity index (χ1v) is 8.59. The lowest BCUT2D eigenvalue weighted by Crippen LogP contribution is -2.30. The van der Waals surface area contributed by atoms with Crippen LogP contribution in [-0.2, 0) is 9.53 Å². The second-order valence-corrected chi connectivity index (χ2v) is 6.40. The van der Waals surface area contributed by atoms with Gasteiger partial charge in [-0.25, -0.2) is 13.6 Å². The maximum absolute atomic E-state index is 13.2. The third kappa shape index (κ3) is 5.03. The minimum atomic E-state index is -1.10. The number of hydrogen-bond donors (Lipinski definition) is 1. The van der Waals surface area contributed by atoms with Gasteiger partial charge < -0.3 is 10.1 Å². The molecule has 2 aromatic rings. The summed E-state index contributed by atoms with van der Waals surface area (Å²) in [4.78, 5) is 25.1. The average molecular weight is 365 g/mol. The lowest BCUT2D eigenvalue weighted by Gasteiger charge is -2.15. The van der Waals surface area contributed by atoms with Crippen LogP contribution >= 0.6 is 11.8 Å². The molecule has 0 saturated carbocycles. The number of benzene rings is 2. The quantitative estimate of drug-likeness (QED) is 0.614. The lowest BCUT2D eigenvalue weighted by molar-refractivity contribution is -0.123. The minimum absolute atomic E-state index is 0.0775. The number of halogens is 2. The molecule has 132 valence electrons. The SMILES string of the molecule is CCSc1ccccc1C(=O)O[C@@H](C)C(=O)Nc1ccc(F)c(F)c1. The molecule has 0 bridgehead atoms. The van der Waals surface area contributed by atoms with Crippen LogP contribution in [0.4, 0.5) is 14.5 Å². The number of carbonyl (C=O) groups is 2. The largest absolute Gasteiger partial charge is 0.449 e. The number of anilines is 1. The van der Waals surface area contributed by atoms with E-state index >= 15 is 0 Å². The molecule has 0 aliphatic carbocycles. The van der Waals surface area contributed by atoms with Gasteiger partial charge in [0, 0.05) is 16.6 Å². The number of thioether (sulfide) groups is 1. The minimum Gasteiger partial charge on any atom is -0.449 e. The summed E-state index contributed by atoms with van der Waals surface area (Å²) >= 11 is 1.49. The first-order chi connectivity index (χ1) is 11.9. The highest BCUT2D eigenvalue weighted by molar-refractivity contribution is 7.99. The summed E-state index contributed by atoms with van der Waals surface area (Å²) in [7, 11) is 0. The molecule has 2 rings (SSSR count). The van der Waals surface area contributed by atoms with Gasteiger partial charge in [0.25, 0.3) is 5.91 Å². The fraction of sp³-hybridized carbons (Fsp3) is 0.222. The third-order valence-corrected chi connectivity index (χ3v) is 4.20. The van der Waals surface area contributed by atoms with E-state index < -0.39 is 29.6 Å². The molecule has 7 heteroatoms. The van der Waals surface area contributed by atoms with Crippen LogP contribution in [0.3, 0.4) is 0 Å². The molecule has 1 atom stereocenters. The van der Waals surface area contributed by atoms with Crippen molar-refractivity contribution in [2.75, 3.05) is 11.1 Å². The van der Waals surface area contributed by atoms with Gasteiger partial charge >= 0.3 is 5.97 Å². The van der Waals surface area contributed by atoms with Gasteiger partial charge in [-0.1, -0.05) is 19.1 Å². The number of amides is 1. The van der Waals surface area contributed by atoms with Gasteiger partial charge in [0.1, 0.15) is 0 Å². The Kier molecular flexibility index (Phi) is 6.52. The zero-order chi connectivity index (χ0) is 18.4. The van der Waals surface area contributed by atoms with E-state index in [1.54, 1.807) is 18.2 Å². The molecule has 0 saturated heterocycles. The van der Waals surface area contributed by atoms with E-state index in [-0.39, 0.29) is 5.69 Å². The van der Waals surface area contributed by atoms with Crippen LogP contribution in [0.5, 0.6) is 0 Å². The van der Waals surface area contributed by atoms with Crippen molar-refractivity contribution in [3.63, 3.8) is 0 Å². The van der Waals surface area contributed by atoms with Crippen LogP contribution in [0, 0.1) is 11.6 Å². The highest BCUT2D eigenvalue weighted by atomic mass is 32.2. The molecule has 0 aliphatic heterocycles. The first-order valence-electron chi connectivity index (χ1n) is 7.61. The zero-order valence-corrected chi connectivity index (χ0v) is 14.5. The summed E-state index contributed by atoms with van der Waals surface area (Å²) in [6.07, 6.45) is -1.10. The summed E-state index contributed by atoms with van der Waals surface area (Å²) in [6, 6.07) is 9.93. The van der Waals surface area contributed by atoms with E-state index in [0.717, 1.165) is 22.8 Å². The van der Waals surface area contributed by atoms with E-state index in [2.05, 4.69) is 5.32 Å². The number of rotatable bonds is 6. The highest BCUT2D eigenvalue weighted by Crippen LogP contribution is 2.23. The van der Waals surface area contributed by atoms with Crippen LogP contribution in [0.15, 0.2) is 47.4 Å². The van der Waals surface area contributed by atoms with Gasteiger partial charge in [0.2, 0.25) is 0 Å². The normalized spacial score (nSPS) is 11.7. The molecule has 4 nitrogen and oxygen atoms in total. The van der Waals surface area contributed by atoms with Crippen molar-refractivity contribution in [2.45, 2.75) is 24.8 Å². The lowest BCUT2D eigenvalue weighted by atomic mass is 10.2. The molecule has 2 aromatic carbocycles. The maximum atomic E-state index is 13.2. The van der Waals surface area contributed by atoms with Gasteiger partial charge in [-0.05, 0) is 36.9 Å². The Morgan fingerprint density at radius 3 is 2.56 bits per heavy atom. The third-order valence-electron chi connectivity index (χ3n) is 3.25. The second-order valence-electron chi connectivity index (χ2n) is 5.09. The number of nitrogens with one attached hydrogen (secondary N) is 1. The van der Waals surface area contributed by atoms with Crippen LogP contribution in [0.2, 0.25) is 0 Å².